The fourth-order valence-corrected chi connectivity index (χ4v) is 13.0. The maximum absolute atomic E-state index is 7.16. The zero-order valence-electron chi connectivity index (χ0n) is 39.7. The molecule has 1 aliphatic carbocycles. The van der Waals surface area contributed by atoms with Gasteiger partial charge in [-0.1, -0.05) is 130 Å². The van der Waals surface area contributed by atoms with E-state index in [9.17, 15) is 0 Å². The molecule has 0 saturated heterocycles. The van der Waals surface area contributed by atoms with Gasteiger partial charge in [-0.25, -0.2) is 0 Å². The quantitative estimate of drug-likeness (QED) is 0.162. The molecule has 0 amide bonds. The third-order valence-electron chi connectivity index (χ3n) is 15.6. The molecule has 2 aliphatic heterocycles. The number of para-hydroxylation sites is 2. The zero-order valence-corrected chi connectivity index (χ0v) is 40.6. The number of thiophene rings is 1. The number of hydrogen-bond acceptors (Lipinski definition) is 5. The first-order chi connectivity index (χ1) is 31.5. The normalized spacial score (nSPS) is 16.4. The molecule has 326 valence electrons. The van der Waals surface area contributed by atoms with E-state index in [1.54, 1.807) is 0 Å². The Kier molecular flexibility index (Phi) is 8.03. The Morgan fingerprint density at radius 1 is 0.545 bits per heavy atom. The molecular formula is C60H55BN2O2S. The zero-order chi connectivity index (χ0) is 45.4. The monoisotopic (exact) mass is 878 g/mol. The van der Waals surface area contributed by atoms with Gasteiger partial charge in [-0.15, -0.1) is 11.3 Å². The van der Waals surface area contributed by atoms with Gasteiger partial charge in [0.05, 0.1) is 5.69 Å². The molecular weight excluding hydrogens is 824 g/mol. The number of fused-ring (bicyclic) bond motifs is 14. The molecule has 13 rings (SSSR count). The third-order valence-corrected chi connectivity index (χ3v) is 16.8. The van der Waals surface area contributed by atoms with Crippen LogP contribution in [0.15, 0.2) is 136 Å². The van der Waals surface area contributed by atoms with Crippen LogP contribution in [-0.2, 0) is 21.7 Å². The van der Waals surface area contributed by atoms with Crippen LogP contribution in [0.2, 0.25) is 0 Å². The smallest absolute Gasteiger partial charge is 0.343 e. The summed E-state index contributed by atoms with van der Waals surface area (Å²) in [6.07, 6.45) is 2.33. The molecule has 3 aliphatic rings. The lowest BCUT2D eigenvalue weighted by molar-refractivity contribution is 0.332. The highest BCUT2D eigenvalue weighted by Gasteiger charge is 2.49. The highest BCUT2D eigenvalue weighted by atomic mass is 32.1. The second kappa shape index (κ2) is 13.2. The molecule has 6 heteroatoms. The third kappa shape index (κ3) is 5.57. The van der Waals surface area contributed by atoms with Crippen molar-refractivity contribution in [2.45, 2.75) is 104 Å². The summed E-state index contributed by atoms with van der Waals surface area (Å²) >= 11 is 1.95. The lowest BCUT2D eigenvalue weighted by Crippen LogP contribution is -2.60. The maximum atomic E-state index is 7.16. The van der Waals surface area contributed by atoms with Crippen LogP contribution in [0.3, 0.4) is 0 Å². The van der Waals surface area contributed by atoms with Gasteiger partial charge in [0.1, 0.15) is 22.3 Å². The van der Waals surface area contributed by atoms with Crippen molar-refractivity contribution in [3.8, 4) is 11.1 Å². The van der Waals surface area contributed by atoms with Gasteiger partial charge in [0.15, 0.2) is 0 Å². The van der Waals surface area contributed by atoms with Gasteiger partial charge in [0, 0.05) is 76.4 Å². The predicted octanol–water partition coefficient (Wildman–Crippen LogP) is 16.4. The second-order valence-electron chi connectivity index (χ2n) is 22.8. The van der Waals surface area contributed by atoms with Crippen molar-refractivity contribution in [1.82, 2.24) is 0 Å². The molecule has 0 bridgehead atoms. The largest absolute Gasteiger partial charge is 0.456 e. The molecule has 10 aromatic rings. The first-order valence-corrected chi connectivity index (χ1v) is 24.6. The molecule has 0 unspecified atom stereocenters. The number of anilines is 5. The summed E-state index contributed by atoms with van der Waals surface area (Å²) in [7, 11) is 0. The number of nitrogens with zero attached hydrogens (tertiary/aromatic N) is 2. The van der Waals surface area contributed by atoms with E-state index in [-0.39, 0.29) is 28.5 Å². The molecule has 7 aromatic carbocycles. The van der Waals surface area contributed by atoms with Gasteiger partial charge in [-0.3, -0.25) is 0 Å². The fraction of sp³-hybridized carbons (Fsp3) is 0.267. The summed E-state index contributed by atoms with van der Waals surface area (Å²) in [5, 5.41) is 5.78. The summed E-state index contributed by atoms with van der Waals surface area (Å²) in [5.74, 6) is 0. The molecule has 3 aromatic heterocycles. The van der Waals surface area contributed by atoms with E-state index in [1.807, 2.05) is 11.3 Å². The van der Waals surface area contributed by atoms with Crippen LogP contribution in [-0.4, -0.2) is 6.85 Å². The van der Waals surface area contributed by atoms with E-state index >= 15 is 0 Å². The van der Waals surface area contributed by atoms with Gasteiger partial charge >= 0.3 is 6.85 Å². The minimum atomic E-state index is -0.169. The van der Waals surface area contributed by atoms with Gasteiger partial charge < -0.3 is 18.5 Å². The Morgan fingerprint density at radius 2 is 1.18 bits per heavy atom. The van der Waals surface area contributed by atoms with Crippen LogP contribution in [0.4, 0.5) is 28.4 Å². The summed E-state index contributed by atoms with van der Waals surface area (Å²) in [6, 6.07) is 48.3. The van der Waals surface area contributed by atoms with Crippen molar-refractivity contribution < 1.29 is 8.83 Å². The Bertz CT molecular complexity index is 3700. The van der Waals surface area contributed by atoms with Crippen LogP contribution >= 0.6 is 11.3 Å². The Morgan fingerprint density at radius 3 is 1.89 bits per heavy atom. The average Bonchev–Trinajstić information content (AvgIpc) is 3.97. The minimum absolute atomic E-state index is 0.0127. The first-order valence-electron chi connectivity index (χ1n) is 23.8. The summed E-state index contributed by atoms with van der Waals surface area (Å²) < 4.78 is 16.5. The van der Waals surface area contributed by atoms with Crippen molar-refractivity contribution >= 4 is 111 Å². The lowest BCUT2D eigenvalue weighted by atomic mass is 9.46. The Balaban J connectivity index is 1.21. The molecule has 0 fully saturated rings. The number of furan rings is 2. The Labute approximate surface area is 391 Å². The maximum Gasteiger partial charge on any atom is 0.343 e. The van der Waals surface area contributed by atoms with Crippen LogP contribution in [0.5, 0.6) is 0 Å². The minimum Gasteiger partial charge on any atom is -0.456 e. The first kappa shape index (κ1) is 40.1. The van der Waals surface area contributed by atoms with Crippen molar-refractivity contribution in [2.24, 2.45) is 0 Å². The molecule has 0 atom stereocenters. The Hall–Kier alpha value is -6.24. The van der Waals surface area contributed by atoms with Crippen LogP contribution < -0.4 is 20.0 Å². The molecule has 4 nitrogen and oxygen atoms in total. The number of benzene rings is 7. The van der Waals surface area contributed by atoms with Crippen molar-refractivity contribution in [2.75, 3.05) is 9.71 Å². The summed E-state index contributed by atoms with van der Waals surface area (Å²) in [4.78, 5) is 5.29. The standard InChI is InChI=1S/C60H55BN2O2S/c1-57(2,3)34-19-22-36(23-20-34)63-46-33-50-40(38-15-11-13-17-48(38)64-50)31-42(46)52-53-47(32-41-39-16-12-14-18-49(39)65-55(41)52)62(37-24-25-44-45(30-37)60(9,10)28-27-59(44,7)8)54-43-29-35(58(4,5)6)21-26-51(43)66-56(54)61(53)63/h11-26,29-33H,27-28H2,1-10H3. The number of rotatable bonds is 2. The topological polar surface area (TPSA) is 32.8 Å². The highest BCUT2D eigenvalue weighted by Crippen LogP contribution is 2.55. The highest BCUT2D eigenvalue weighted by molar-refractivity contribution is 7.32. The molecule has 0 saturated carbocycles. The van der Waals surface area contributed by atoms with Crippen LogP contribution in [0.1, 0.15) is 104 Å². The molecule has 66 heavy (non-hydrogen) atoms. The van der Waals surface area contributed by atoms with Gasteiger partial charge in [-0.05, 0) is 123 Å². The van der Waals surface area contributed by atoms with Crippen LogP contribution in [0.25, 0.3) is 65.1 Å². The number of hydrogen-bond donors (Lipinski definition) is 0. The van der Waals surface area contributed by atoms with E-state index < -0.39 is 0 Å². The fourth-order valence-electron chi connectivity index (χ4n) is 11.8. The average molecular weight is 879 g/mol. The lowest BCUT2D eigenvalue weighted by Gasteiger charge is -2.45. The van der Waals surface area contributed by atoms with Gasteiger partial charge in [0.2, 0.25) is 0 Å². The summed E-state index contributed by atoms with van der Waals surface area (Å²) in [5.41, 5.74) is 18.8. The van der Waals surface area contributed by atoms with E-state index in [2.05, 4.69) is 206 Å². The molecule has 0 spiro atoms. The molecule has 0 N–H and O–H groups in total. The van der Waals surface area contributed by atoms with E-state index in [1.165, 1.54) is 66.1 Å². The van der Waals surface area contributed by atoms with Gasteiger partial charge in [0.25, 0.3) is 0 Å². The van der Waals surface area contributed by atoms with Crippen molar-refractivity contribution in [1.29, 1.82) is 0 Å². The predicted molar refractivity (Wildman–Crippen MR) is 283 cm³/mol. The van der Waals surface area contributed by atoms with Crippen molar-refractivity contribution in [3.05, 3.63) is 150 Å². The van der Waals surface area contributed by atoms with Crippen molar-refractivity contribution in [3.63, 3.8) is 0 Å². The van der Waals surface area contributed by atoms with E-state index in [0.29, 0.717) is 0 Å². The van der Waals surface area contributed by atoms with Crippen LogP contribution in [0, 0.1) is 0 Å². The van der Waals surface area contributed by atoms with E-state index in [0.717, 1.165) is 72.8 Å². The SMILES string of the molecule is CC(C)(C)c1ccc(N2B3c4sc5ccc(C(C)(C)C)cc5c4N(c4ccc5c(c4)C(C)(C)CCC5(C)C)c4cc5c(oc6ccccc65)c(c43)-c3cc4c(cc32)oc2ccccc24)cc1. The molecule has 5 heterocycles. The van der Waals surface area contributed by atoms with E-state index in [4.69, 9.17) is 8.83 Å². The summed E-state index contributed by atoms with van der Waals surface area (Å²) in [6.45, 7) is 23.5. The molecule has 0 radical (unpaired) electrons. The second-order valence-corrected chi connectivity index (χ2v) is 23.9. The van der Waals surface area contributed by atoms with Gasteiger partial charge in [-0.2, -0.15) is 0 Å².